The molecule has 0 aromatic heterocycles. The van der Waals surface area contributed by atoms with E-state index in [1.54, 1.807) is 0 Å². The standard InChI is InChI=1S/C15H25N3O2S/c1-4-16-15(17-11-8-12-21(3,19)20)18-13(2)14-9-6-5-7-10-14/h5-7,9-10,13H,4,8,11-12H2,1-3H3,(H2,16,17,18). The van der Waals surface area contributed by atoms with E-state index >= 15 is 0 Å². The fraction of sp³-hybridized carbons (Fsp3) is 0.533. The Kier molecular flexibility index (Phi) is 7.22. The van der Waals surface area contributed by atoms with Gasteiger partial charge in [-0.25, -0.2) is 8.42 Å². The highest BCUT2D eigenvalue weighted by molar-refractivity contribution is 7.90. The third kappa shape index (κ3) is 7.70. The molecular formula is C15H25N3O2S. The van der Waals surface area contributed by atoms with Crippen molar-refractivity contribution in [1.82, 2.24) is 10.6 Å². The summed E-state index contributed by atoms with van der Waals surface area (Å²) in [6, 6.07) is 10.3. The topological polar surface area (TPSA) is 70.6 Å². The van der Waals surface area contributed by atoms with E-state index in [1.165, 1.54) is 11.8 Å². The highest BCUT2D eigenvalue weighted by Crippen LogP contribution is 2.10. The van der Waals surface area contributed by atoms with Crippen LogP contribution >= 0.6 is 0 Å². The highest BCUT2D eigenvalue weighted by Gasteiger charge is 2.07. The summed E-state index contributed by atoms with van der Waals surface area (Å²) in [4.78, 5) is 4.41. The van der Waals surface area contributed by atoms with Crippen molar-refractivity contribution in [3.63, 3.8) is 0 Å². The lowest BCUT2D eigenvalue weighted by Crippen LogP contribution is -2.38. The predicted octanol–water partition coefficient (Wildman–Crippen LogP) is 1.74. The van der Waals surface area contributed by atoms with Crippen LogP contribution in [-0.4, -0.2) is 39.5 Å². The van der Waals surface area contributed by atoms with E-state index in [-0.39, 0.29) is 11.8 Å². The predicted molar refractivity (Wildman–Crippen MR) is 88.3 cm³/mol. The van der Waals surface area contributed by atoms with E-state index in [4.69, 9.17) is 0 Å². The summed E-state index contributed by atoms with van der Waals surface area (Å²) >= 11 is 0. The molecule has 5 nitrogen and oxygen atoms in total. The van der Waals surface area contributed by atoms with Gasteiger partial charge in [-0.2, -0.15) is 0 Å². The summed E-state index contributed by atoms with van der Waals surface area (Å²) in [6.07, 6.45) is 1.78. The molecule has 21 heavy (non-hydrogen) atoms. The third-order valence-electron chi connectivity index (χ3n) is 2.94. The first-order valence-electron chi connectivity index (χ1n) is 7.20. The van der Waals surface area contributed by atoms with Crippen LogP contribution in [0.1, 0.15) is 31.9 Å². The Morgan fingerprint density at radius 1 is 1.29 bits per heavy atom. The largest absolute Gasteiger partial charge is 0.357 e. The van der Waals surface area contributed by atoms with Crippen LogP contribution in [0.3, 0.4) is 0 Å². The molecule has 118 valence electrons. The van der Waals surface area contributed by atoms with E-state index in [2.05, 4.69) is 34.7 Å². The van der Waals surface area contributed by atoms with Gasteiger partial charge in [-0.3, -0.25) is 4.99 Å². The molecule has 0 radical (unpaired) electrons. The van der Waals surface area contributed by atoms with Gasteiger partial charge in [-0.1, -0.05) is 30.3 Å². The van der Waals surface area contributed by atoms with Gasteiger partial charge in [0.05, 0.1) is 11.8 Å². The first kappa shape index (κ1) is 17.5. The first-order valence-corrected chi connectivity index (χ1v) is 9.26. The smallest absolute Gasteiger partial charge is 0.191 e. The molecule has 1 unspecified atom stereocenters. The lowest BCUT2D eigenvalue weighted by atomic mass is 10.1. The lowest BCUT2D eigenvalue weighted by Gasteiger charge is -2.18. The Morgan fingerprint density at radius 3 is 2.52 bits per heavy atom. The summed E-state index contributed by atoms with van der Waals surface area (Å²) in [7, 11) is -2.91. The van der Waals surface area contributed by atoms with Gasteiger partial charge in [-0.05, 0) is 25.8 Å². The SMILES string of the molecule is CCNC(=NCCCS(C)(=O)=O)NC(C)c1ccccc1. The molecule has 0 aliphatic heterocycles. The number of hydrogen-bond acceptors (Lipinski definition) is 3. The average Bonchev–Trinajstić information content (AvgIpc) is 2.43. The third-order valence-corrected chi connectivity index (χ3v) is 3.97. The van der Waals surface area contributed by atoms with Gasteiger partial charge in [0.25, 0.3) is 0 Å². The Hall–Kier alpha value is -1.56. The summed E-state index contributed by atoms with van der Waals surface area (Å²) in [5.41, 5.74) is 1.18. The number of nitrogens with one attached hydrogen (secondary N) is 2. The molecule has 1 atom stereocenters. The van der Waals surface area contributed by atoms with E-state index in [1.807, 2.05) is 25.1 Å². The maximum Gasteiger partial charge on any atom is 0.191 e. The number of nitrogens with zero attached hydrogens (tertiary/aromatic N) is 1. The van der Waals surface area contributed by atoms with Crippen molar-refractivity contribution >= 4 is 15.8 Å². The van der Waals surface area contributed by atoms with Gasteiger partial charge in [0.2, 0.25) is 0 Å². The average molecular weight is 311 g/mol. The Morgan fingerprint density at radius 2 is 1.95 bits per heavy atom. The fourth-order valence-corrected chi connectivity index (χ4v) is 2.52. The Balaban J connectivity index is 2.56. The van der Waals surface area contributed by atoms with Crippen molar-refractivity contribution in [2.45, 2.75) is 26.3 Å². The first-order chi connectivity index (χ1) is 9.92. The molecule has 6 heteroatoms. The van der Waals surface area contributed by atoms with Crippen molar-refractivity contribution in [3.8, 4) is 0 Å². The van der Waals surface area contributed by atoms with Gasteiger partial charge in [0.1, 0.15) is 9.84 Å². The second-order valence-electron chi connectivity index (χ2n) is 5.02. The number of guanidine groups is 1. The summed E-state index contributed by atoms with van der Waals surface area (Å²) < 4.78 is 22.2. The van der Waals surface area contributed by atoms with E-state index in [0.29, 0.717) is 18.9 Å². The zero-order valence-electron chi connectivity index (χ0n) is 13.0. The zero-order valence-corrected chi connectivity index (χ0v) is 13.8. The van der Waals surface area contributed by atoms with Crippen LogP contribution < -0.4 is 10.6 Å². The number of sulfone groups is 1. The monoisotopic (exact) mass is 311 g/mol. The van der Waals surface area contributed by atoms with Crippen LogP contribution in [0.15, 0.2) is 35.3 Å². The van der Waals surface area contributed by atoms with Gasteiger partial charge < -0.3 is 10.6 Å². The fourth-order valence-electron chi connectivity index (χ4n) is 1.87. The van der Waals surface area contributed by atoms with Crippen molar-refractivity contribution < 1.29 is 8.42 Å². The van der Waals surface area contributed by atoms with Crippen LogP contribution in [0, 0.1) is 0 Å². The minimum atomic E-state index is -2.91. The second kappa shape index (κ2) is 8.67. The summed E-state index contributed by atoms with van der Waals surface area (Å²) in [6.45, 7) is 5.32. The Bertz CT molecular complexity index is 541. The van der Waals surface area contributed by atoms with Crippen molar-refractivity contribution in [3.05, 3.63) is 35.9 Å². The summed E-state index contributed by atoms with van der Waals surface area (Å²) in [5.74, 6) is 0.881. The molecule has 0 fully saturated rings. The van der Waals surface area contributed by atoms with Crippen molar-refractivity contribution in [1.29, 1.82) is 0 Å². The highest BCUT2D eigenvalue weighted by atomic mass is 32.2. The zero-order chi connectivity index (χ0) is 15.7. The molecule has 0 saturated carbocycles. The van der Waals surface area contributed by atoms with Crippen LogP contribution in [-0.2, 0) is 9.84 Å². The lowest BCUT2D eigenvalue weighted by molar-refractivity contribution is 0.599. The number of rotatable bonds is 7. The molecule has 2 N–H and O–H groups in total. The van der Waals surface area contributed by atoms with Crippen LogP contribution in [0.4, 0.5) is 0 Å². The number of hydrogen-bond donors (Lipinski definition) is 2. The molecule has 0 amide bonds. The molecule has 0 heterocycles. The maximum atomic E-state index is 11.1. The summed E-state index contributed by atoms with van der Waals surface area (Å²) in [5, 5.41) is 6.49. The molecule has 1 aromatic rings. The Labute approximate surface area is 127 Å². The second-order valence-corrected chi connectivity index (χ2v) is 7.28. The molecule has 0 aliphatic rings. The van der Waals surface area contributed by atoms with Gasteiger partial charge in [0, 0.05) is 19.3 Å². The van der Waals surface area contributed by atoms with Crippen LogP contribution in [0.25, 0.3) is 0 Å². The van der Waals surface area contributed by atoms with Crippen LogP contribution in [0.2, 0.25) is 0 Å². The maximum absolute atomic E-state index is 11.1. The van der Waals surface area contributed by atoms with E-state index in [9.17, 15) is 8.42 Å². The normalized spacial score (nSPS) is 13.8. The van der Waals surface area contributed by atoms with Crippen LogP contribution in [0.5, 0.6) is 0 Å². The van der Waals surface area contributed by atoms with Gasteiger partial charge in [-0.15, -0.1) is 0 Å². The molecule has 0 aliphatic carbocycles. The van der Waals surface area contributed by atoms with E-state index < -0.39 is 9.84 Å². The van der Waals surface area contributed by atoms with Gasteiger partial charge in [0.15, 0.2) is 5.96 Å². The molecular weight excluding hydrogens is 286 g/mol. The van der Waals surface area contributed by atoms with Crippen molar-refractivity contribution in [2.24, 2.45) is 4.99 Å². The molecule has 1 aromatic carbocycles. The quantitative estimate of drug-likeness (QED) is 0.457. The molecule has 1 rings (SSSR count). The number of benzene rings is 1. The van der Waals surface area contributed by atoms with Gasteiger partial charge >= 0.3 is 0 Å². The number of aliphatic imine (C=N–C) groups is 1. The minimum Gasteiger partial charge on any atom is -0.357 e. The molecule has 0 spiro atoms. The molecule has 0 bridgehead atoms. The van der Waals surface area contributed by atoms with Crippen molar-refractivity contribution in [2.75, 3.05) is 25.1 Å². The molecule has 0 saturated heterocycles. The minimum absolute atomic E-state index is 0.138. The van der Waals surface area contributed by atoms with E-state index in [0.717, 1.165) is 6.54 Å².